The van der Waals surface area contributed by atoms with E-state index in [1.54, 1.807) is 0 Å². The quantitative estimate of drug-likeness (QED) is 0.451. The minimum Gasteiger partial charge on any atom is -0.412 e. The second kappa shape index (κ2) is 4.97. The monoisotopic (exact) mass is 178 g/mol. The third kappa shape index (κ3) is 3.84. The van der Waals surface area contributed by atoms with Crippen molar-refractivity contribution >= 4 is 11.8 Å². The molecule has 1 saturated heterocycles. The fraction of sp³-hybridized carbons (Fsp3) is 0.600. The molecule has 0 bridgehead atoms. The van der Waals surface area contributed by atoms with Crippen LogP contribution in [0.15, 0.2) is 11.2 Å². The van der Waals surface area contributed by atoms with Gasteiger partial charge in [0.2, 0.25) is 0 Å². The maximum absolute atomic E-state index is 9.94. The van der Waals surface area contributed by atoms with Gasteiger partial charge in [-0.05, 0) is 6.42 Å². The molecule has 0 unspecified atom stereocenters. The molecule has 1 aliphatic rings. The molecule has 0 spiro atoms. The molecule has 1 aliphatic heterocycles. The van der Waals surface area contributed by atoms with Crippen molar-refractivity contribution in [3.05, 3.63) is 21.3 Å². The molecule has 0 radical (unpaired) electrons. The van der Waals surface area contributed by atoms with Gasteiger partial charge in [-0.3, -0.25) is 10.1 Å². The molecule has 0 aromatic rings. The van der Waals surface area contributed by atoms with E-state index in [0.29, 0.717) is 5.03 Å². The predicted molar refractivity (Wildman–Crippen MR) is 43.8 cm³/mol. The van der Waals surface area contributed by atoms with Crippen LogP contribution in [0.1, 0.15) is 6.42 Å². The minimum atomic E-state index is -0.430. The maximum Gasteiger partial charge on any atom is 0.263 e. The molecule has 0 aromatic carbocycles. The minimum absolute atomic E-state index is 0. The van der Waals surface area contributed by atoms with E-state index >= 15 is 0 Å². The Bertz CT molecular complexity index is 163. The fourth-order valence-corrected chi connectivity index (χ4v) is 1.57. The Labute approximate surface area is 68.3 Å². The normalized spacial score (nSPS) is 20.2. The Morgan fingerprint density at radius 2 is 2.45 bits per heavy atom. The van der Waals surface area contributed by atoms with Crippen molar-refractivity contribution in [3.63, 3.8) is 0 Å². The van der Waals surface area contributed by atoms with Gasteiger partial charge in [0.05, 0.1) is 4.92 Å². The summed E-state index contributed by atoms with van der Waals surface area (Å²) in [6, 6.07) is 0. The lowest BCUT2D eigenvalue weighted by molar-refractivity contribution is -0.403. The predicted octanol–water partition coefficient (Wildman–Crippen LogP) is -0.0362. The highest BCUT2D eigenvalue weighted by Gasteiger charge is 2.07. The highest BCUT2D eigenvalue weighted by Crippen LogP contribution is 2.17. The summed E-state index contributed by atoms with van der Waals surface area (Å²) in [4.78, 5) is 9.51. The third-order valence-electron chi connectivity index (χ3n) is 1.10. The summed E-state index contributed by atoms with van der Waals surface area (Å²) >= 11 is 1.50. The lowest BCUT2D eigenvalue weighted by atomic mass is 10.5. The van der Waals surface area contributed by atoms with Gasteiger partial charge < -0.3 is 10.8 Å². The summed E-state index contributed by atoms with van der Waals surface area (Å²) in [5.74, 6) is 0.979. The molecule has 1 rings (SSSR count). The van der Waals surface area contributed by atoms with Gasteiger partial charge >= 0.3 is 0 Å². The maximum atomic E-state index is 9.94. The molecule has 0 atom stereocenters. The van der Waals surface area contributed by atoms with E-state index in [1.165, 1.54) is 11.8 Å². The Balaban J connectivity index is 0.000001000. The second-order valence-corrected chi connectivity index (χ2v) is 3.04. The van der Waals surface area contributed by atoms with Crippen LogP contribution in [0.3, 0.4) is 0 Å². The molecular formula is C5H10N2O3S. The first-order chi connectivity index (χ1) is 4.79. The zero-order chi connectivity index (χ0) is 7.40. The number of nitro groups is 1. The SMILES string of the molecule is O.O=[N+]([O-])C=C1NCCCS1. The van der Waals surface area contributed by atoms with Crippen LogP contribution in [0.5, 0.6) is 0 Å². The highest BCUT2D eigenvalue weighted by molar-refractivity contribution is 8.03. The molecule has 0 aliphatic carbocycles. The molecule has 3 N–H and O–H groups in total. The van der Waals surface area contributed by atoms with Gasteiger partial charge in [0.1, 0.15) is 5.03 Å². The van der Waals surface area contributed by atoms with E-state index in [1.807, 2.05) is 0 Å². The Kier molecular flexibility index (Phi) is 4.64. The van der Waals surface area contributed by atoms with Crippen LogP contribution in [0, 0.1) is 10.1 Å². The summed E-state index contributed by atoms with van der Waals surface area (Å²) in [7, 11) is 0. The van der Waals surface area contributed by atoms with E-state index in [0.717, 1.165) is 24.9 Å². The van der Waals surface area contributed by atoms with Crippen molar-refractivity contribution in [2.45, 2.75) is 6.42 Å². The average molecular weight is 178 g/mol. The van der Waals surface area contributed by atoms with Crippen molar-refractivity contribution in [3.8, 4) is 0 Å². The number of thioether (sulfide) groups is 1. The lowest BCUT2D eigenvalue weighted by Gasteiger charge is -2.12. The molecule has 0 saturated carbocycles. The van der Waals surface area contributed by atoms with Gasteiger partial charge in [-0.15, -0.1) is 11.8 Å². The first kappa shape index (κ1) is 10.2. The lowest BCUT2D eigenvalue weighted by Crippen LogP contribution is -2.19. The van der Waals surface area contributed by atoms with E-state index < -0.39 is 4.92 Å². The van der Waals surface area contributed by atoms with Crippen LogP contribution in [0.2, 0.25) is 0 Å². The van der Waals surface area contributed by atoms with Crippen molar-refractivity contribution in [1.29, 1.82) is 0 Å². The summed E-state index contributed by atoms with van der Waals surface area (Å²) in [6.07, 6.45) is 2.10. The molecule has 64 valence electrons. The van der Waals surface area contributed by atoms with Crippen LogP contribution in [0.4, 0.5) is 0 Å². The molecule has 11 heavy (non-hydrogen) atoms. The number of hydrogen-bond donors (Lipinski definition) is 1. The fourth-order valence-electron chi connectivity index (χ4n) is 0.696. The van der Waals surface area contributed by atoms with Crippen LogP contribution >= 0.6 is 11.8 Å². The van der Waals surface area contributed by atoms with Crippen molar-refractivity contribution in [1.82, 2.24) is 5.32 Å². The van der Waals surface area contributed by atoms with Crippen molar-refractivity contribution in [2.24, 2.45) is 0 Å². The van der Waals surface area contributed by atoms with Crippen molar-refractivity contribution < 1.29 is 10.4 Å². The van der Waals surface area contributed by atoms with Gasteiger partial charge in [-0.25, -0.2) is 0 Å². The van der Waals surface area contributed by atoms with E-state index in [4.69, 9.17) is 0 Å². The third-order valence-corrected chi connectivity index (χ3v) is 2.15. The van der Waals surface area contributed by atoms with E-state index in [2.05, 4.69) is 5.32 Å². The van der Waals surface area contributed by atoms with Crippen LogP contribution in [-0.2, 0) is 0 Å². The summed E-state index contributed by atoms with van der Waals surface area (Å²) < 4.78 is 0. The highest BCUT2D eigenvalue weighted by atomic mass is 32.2. The van der Waals surface area contributed by atoms with E-state index in [-0.39, 0.29) is 5.48 Å². The van der Waals surface area contributed by atoms with Gasteiger partial charge in [0.25, 0.3) is 6.20 Å². The summed E-state index contributed by atoms with van der Waals surface area (Å²) in [6.45, 7) is 0.854. The summed E-state index contributed by atoms with van der Waals surface area (Å²) in [5.41, 5.74) is 0. The molecule has 1 heterocycles. The number of nitrogens with one attached hydrogen (secondary N) is 1. The van der Waals surface area contributed by atoms with Gasteiger partial charge in [0.15, 0.2) is 0 Å². The largest absolute Gasteiger partial charge is 0.412 e. The van der Waals surface area contributed by atoms with Crippen LogP contribution < -0.4 is 5.32 Å². The Morgan fingerprint density at radius 1 is 1.73 bits per heavy atom. The smallest absolute Gasteiger partial charge is 0.263 e. The molecular weight excluding hydrogens is 168 g/mol. The Morgan fingerprint density at radius 3 is 2.91 bits per heavy atom. The zero-order valence-corrected chi connectivity index (χ0v) is 6.69. The van der Waals surface area contributed by atoms with Gasteiger partial charge in [-0.1, -0.05) is 0 Å². The summed E-state index contributed by atoms with van der Waals surface area (Å²) in [5, 5.41) is 13.6. The zero-order valence-electron chi connectivity index (χ0n) is 5.87. The molecule has 0 amide bonds. The average Bonchev–Trinajstić information content (AvgIpc) is 1.88. The number of rotatable bonds is 1. The first-order valence-electron chi connectivity index (χ1n) is 3.01. The van der Waals surface area contributed by atoms with Crippen molar-refractivity contribution in [2.75, 3.05) is 12.3 Å². The standard InChI is InChI=1S/C5H8N2O2S.H2O/c8-7(9)4-5-6-2-1-3-10-5;/h4,6H,1-3H2;1H2. The Hall–Kier alpha value is -0.750. The van der Waals surface area contributed by atoms with E-state index in [9.17, 15) is 10.1 Å². The molecule has 6 heteroatoms. The number of nitrogens with zero attached hydrogens (tertiary/aromatic N) is 1. The van der Waals surface area contributed by atoms with Gasteiger partial charge in [0, 0.05) is 12.3 Å². The molecule has 0 aromatic heterocycles. The second-order valence-electron chi connectivity index (χ2n) is 1.91. The first-order valence-corrected chi connectivity index (χ1v) is 3.99. The molecule has 1 fully saturated rings. The van der Waals surface area contributed by atoms with Gasteiger partial charge in [-0.2, -0.15) is 0 Å². The topological polar surface area (TPSA) is 86.7 Å². The number of hydrogen-bond acceptors (Lipinski definition) is 4. The van der Waals surface area contributed by atoms with Crippen LogP contribution in [-0.4, -0.2) is 22.7 Å². The van der Waals surface area contributed by atoms with Crippen LogP contribution in [0.25, 0.3) is 0 Å². The molecule has 5 nitrogen and oxygen atoms in total.